The standard InChI is InChI=1S/C20H22ClF2N3O/c1-14-2-4-16(25-11-14)12-24-13-20(23)6-8-26(9-7-20)19(27)15-3-5-18(22)17(21)10-15/h2-5,10-11,24H,6-9,12-13H2,1H3/i6D2,7D2,8D2,9D2,12D2,13D2. The summed E-state index contributed by atoms with van der Waals surface area (Å²) in [5, 5.41) is 0.853. The maximum atomic E-state index is 16.9. The van der Waals surface area contributed by atoms with Crippen molar-refractivity contribution < 1.29 is 30.0 Å². The van der Waals surface area contributed by atoms with Crippen molar-refractivity contribution in [3.63, 3.8) is 0 Å². The van der Waals surface area contributed by atoms with E-state index in [9.17, 15) is 9.18 Å². The first kappa shape index (κ1) is 9.43. The Morgan fingerprint density at radius 1 is 1.41 bits per heavy atom. The molecule has 0 unspecified atom stereocenters. The van der Waals surface area contributed by atoms with E-state index in [1.165, 1.54) is 17.6 Å². The van der Waals surface area contributed by atoms with Crippen molar-refractivity contribution in [1.82, 2.24) is 15.2 Å². The Morgan fingerprint density at radius 2 is 2.15 bits per heavy atom. The molecule has 2 heterocycles. The van der Waals surface area contributed by atoms with Crippen LogP contribution in [-0.4, -0.2) is 41.0 Å². The summed E-state index contributed by atoms with van der Waals surface area (Å²) in [6, 6.07) is 4.53. The van der Waals surface area contributed by atoms with Gasteiger partial charge in [0, 0.05) is 66.9 Å². The van der Waals surface area contributed by atoms with Gasteiger partial charge < -0.3 is 10.2 Å². The summed E-state index contributed by atoms with van der Waals surface area (Å²) in [4.78, 5) is 16.4. The average molecular weight is 406 g/mol. The number of pyridine rings is 1. The number of alkyl halides is 1. The summed E-state index contributed by atoms with van der Waals surface area (Å²) in [6.07, 6.45) is -7.58. The normalized spacial score (nSPS) is 31.5. The van der Waals surface area contributed by atoms with Crippen molar-refractivity contribution in [3.8, 4) is 0 Å². The van der Waals surface area contributed by atoms with Crippen molar-refractivity contribution in [2.45, 2.75) is 31.8 Å². The van der Waals surface area contributed by atoms with Gasteiger partial charge in [0.1, 0.15) is 11.5 Å². The number of hydrogen-bond donors (Lipinski definition) is 1. The van der Waals surface area contributed by atoms with Crippen LogP contribution in [0.5, 0.6) is 0 Å². The number of amides is 1. The molecule has 27 heavy (non-hydrogen) atoms. The Labute approximate surface area is 179 Å². The Balaban J connectivity index is 2.20. The minimum Gasteiger partial charge on any atom is -0.338 e. The number of nitrogens with one attached hydrogen (secondary N) is 1. The number of aromatic nitrogens is 1. The molecule has 0 aliphatic carbocycles. The topological polar surface area (TPSA) is 45.2 Å². The number of likely N-dealkylation sites (tertiary alicyclic amines) is 1. The van der Waals surface area contributed by atoms with Crippen LogP contribution in [0.4, 0.5) is 8.78 Å². The third kappa shape index (κ3) is 5.02. The number of benzene rings is 1. The van der Waals surface area contributed by atoms with Gasteiger partial charge in [-0.2, -0.15) is 0 Å². The number of piperidine rings is 1. The fourth-order valence-corrected chi connectivity index (χ4v) is 2.15. The minimum absolute atomic E-state index is 0.520. The molecule has 1 fully saturated rings. The molecule has 1 aromatic carbocycles. The molecule has 1 aromatic heterocycles. The molecule has 1 N–H and O–H groups in total. The number of rotatable bonds is 5. The predicted octanol–water partition coefficient (Wildman–Crippen LogP) is 3.92. The summed E-state index contributed by atoms with van der Waals surface area (Å²) in [5.74, 6) is -2.75. The highest BCUT2D eigenvalue weighted by Crippen LogP contribution is 2.27. The van der Waals surface area contributed by atoms with Crippen LogP contribution < -0.4 is 5.32 Å². The summed E-state index contributed by atoms with van der Waals surface area (Å²) in [5.41, 5.74) is -5.48. The molecule has 144 valence electrons. The van der Waals surface area contributed by atoms with Crippen LogP contribution in [0, 0.1) is 12.7 Å². The number of carbonyl (C=O) groups is 1. The van der Waals surface area contributed by atoms with Gasteiger partial charge in [-0.15, -0.1) is 0 Å². The zero-order valence-electron chi connectivity index (χ0n) is 25.9. The maximum absolute atomic E-state index is 16.9. The van der Waals surface area contributed by atoms with Gasteiger partial charge in [-0.05, 0) is 36.8 Å². The van der Waals surface area contributed by atoms with Gasteiger partial charge in [0.2, 0.25) is 0 Å². The van der Waals surface area contributed by atoms with Crippen molar-refractivity contribution in [1.29, 1.82) is 0 Å². The van der Waals surface area contributed by atoms with E-state index in [1.807, 2.05) is 0 Å². The van der Waals surface area contributed by atoms with Crippen LogP contribution in [0.25, 0.3) is 0 Å². The molecule has 0 atom stereocenters. The summed E-state index contributed by atoms with van der Waals surface area (Å²) in [6.45, 7) is -13.9. The number of halogens is 3. The first-order valence-electron chi connectivity index (χ1n) is 13.6. The zero-order chi connectivity index (χ0) is 30.2. The molecule has 0 saturated carbocycles. The third-order valence-electron chi connectivity index (χ3n) is 3.39. The highest BCUT2D eigenvalue weighted by Gasteiger charge is 2.35. The van der Waals surface area contributed by atoms with Gasteiger partial charge in [-0.1, -0.05) is 17.7 Å². The van der Waals surface area contributed by atoms with E-state index in [0.29, 0.717) is 17.7 Å². The van der Waals surface area contributed by atoms with E-state index in [-0.39, 0.29) is 0 Å². The van der Waals surface area contributed by atoms with E-state index in [0.717, 1.165) is 12.1 Å². The van der Waals surface area contributed by atoms with E-state index >= 15 is 4.39 Å². The van der Waals surface area contributed by atoms with Gasteiger partial charge >= 0.3 is 0 Å². The lowest BCUT2D eigenvalue weighted by atomic mass is 9.92. The predicted molar refractivity (Wildman–Crippen MR) is 101 cm³/mol. The number of carbonyl (C=O) groups excluding carboxylic acids is 1. The van der Waals surface area contributed by atoms with Gasteiger partial charge in [0.15, 0.2) is 0 Å². The molecule has 1 aliphatic heterocycles. The Hall–Kier alpha value is -2.05. The molecule has 7 heteroatoms. The number of nitrogens with zero attached hydrogens (tertiary/aromatic N) is 2. The molecule has 0 radical (unpaired) electrons. The largest absolute Gasteiger partial charge is 0.338 e. The second kappa shape index (κ2) is 8.31. The SMILES string of the molecule is [2H]C([2H])(NC([2H])([2H])C1(F)C([2H])([2H])C([2H])([2H])N(C(=O)c2ccc(F)c(Cl)c2)C([2H])([2H])C1([2H])[2H])c1ccc(C)cn1. The lowest BCUT2D eigenvalue weighted by Crippen LogP contribution is -2.48. The first-order valence-corrected chi connectivity index (χ1v) is 7.99. The van der Waals surface area contributed by atoms with Gasteiger partial charge in [-0.3, -0.25) is 9.78 Å². The van der Waals surface area contributed by atoms with E-state index in [2.05, 4.69) is 4.98 Å². The molecular weight excluding hydrogens is 372 g/mol. The molecule has 2 aromatic rings. The van der Waals surface area contributed by atoms with Crippen LogP contribution in [0.1, 0.15) is 50.8 Å². The van der Waals surface area contributed by atoms with Crippen LogP contribution >= 0.6 is 11.6 Å². The number of aryl methyl sites for hydroxylation is 1. The molecule has 1 amide bonds. The highest BCUT2D eigenvalue weighted by molar-refractivity contribution is 6.31. The Bertz CT molecular complexity index is 1270. The van der Waals surface area contributed by atoms with Crippen molar-refractivity contribution in [3.05, 3.63) is 64.2 Å². The Kier molecular flexibility index (Phi) is 2.91. The van der Waals surface area contributed by atoms with E-state index < -0.39 is 77.3 Å². The highest BCUT2D eigenvalue weighted by atomic mass is 35.5. The second-order valence-corrected chi connectivity index (χ2v) is 5.90. The van der Waals surface area contributed by atoms with Crippen LogP contribution in [0.15, 0.2) is 36.5 Å². The monoisotopic (exact) mass is 405 g/mol. The molecule has 4 nitrogen and oxygen atoms in total. The lowest BCUT2D eigenvalue weighted by Gasteiger charge is -2.36. The third-order valence-corrected chi connectivity index (χ3v) is 3.68. The number of hydrogen-bond acceptors (Lipinski definition) is 3. The molecule has 1 aliphatic rings. The van der Waals surface area contributed by atoms with Crippen LogP contribution in [0.2, 0.25) is 5.02 Å². The average Bonchev–Trinajstić information content (AvgIpc) is 2.78. The molecular formula is C20H22ClF2N3O. The lowest BCUT2D eigenvalue weighted by molar-refractivity contribution is 0.0434. The van der Waals surface area contributed by atoms with Gasteiger partial charge in [0.05, 0.1) is 10.7 Å². The zero-order valence-corrected chi connectivity index (χ0v) is 14.7. The van der Waals surface area contributed by atoms with Crippen LogP contribution in [-0.2, 0) is 6.50 Å². The van der Waals surface area contributed by atoms with Crippen LogP contribution in [0.3, 0.4) is 0 Å². The summed E-state index contributed by atoms with van der Waals surface area (Å²) in [7, 11) is 0. The van der Waals surface area contributed by atoms with Gasteiger partial charge in [0.25, 0.3) is 5.91 Å². The summed E-state index contributed by atoms with van der Waals surface area (Å²) >= 11 is 5.64. The Morgan fingerprint density at radius 3 is 2.78 bits per heavy atom. The fraction of sp³-hybridized carbons (Fsp3) is 0.400. The molecule has 1 saturated heterocycles. The quantitative estimate of drug-likeness (QED) is 0.820. The van der Waals surface area contributed by atoms with Gasteiger partial charge in [-0.25, -0.2) is 8.78 Å². The fourth-order valence-electron chi connectivity index (χ4n) is 1.97. The smallest absolute Gasteiger partial charge is 0.253 e. The van der Waals surface area contributed by atoms with Crippen molar-refractivity contribution in [2.75, 3.05) is 19.5 Å². The van der Waals surface area contributed by atoms with E-state index in [4.69, 9.17) is 28.1 Å². The molecule has 0 spiro atoms. The molecule has 3 rings (SSSR count). The van der Waals surface area contributed by atoms with E-state index in [1.54, 1.807) is 6.92 Å². The summed E-state index contributed by atoms with van der Waals surface area (Å²) < 4.78 is 130. The molecule has 0 bridgehead atoms. The first-order chi connectivity index (χ1) is 17.4. The minimum atomic E-state index is -4.84. The maximum Gasteiger partial charge on any atom is 0.253 e. The van der Waals surface area contributed by atoms with Crippen molar-refractivity contribution >= 4 is 17.5 Å². The second-order valence-electron chi connectivity index (χ2n) is 5.50. The van der Waals surface area contributed by atoms with Crippen molar-refractivity contribution in [2.24, 2.45) is 0 Å².